The van der Waals surface area contributed by atoms with Crippen molar-refractivity contribution in [2.24, 2.45) is 0 Å². The van der Waals surface area contributed by atoms with E-state index >= 15 is 0 Å². The van der Waals surface area contributed by atoms with Gasteiger partial charge in [0.25, 0.3) is 0 Å². The van der Waals surface area contributed by atoms with Gasteiger partial charge in [-0.3, -0.25) is 0 Å². The number of hydrogen-bond donors (Lipinski definition) is 0. The molecule has 1 aromatic rings. The van der Waals surface area contributed by atoms with Gasteiger partial charge >= 0.3 is 6.18 Å². The largest absolute Gasteiger partial charge is 0.418 e. The highest BCUT2D eigenvalue weighted by molar-refractivity contribution is 5.25. The maximum atomic E-state index is 12.4. The molecule has 0 aliphatic carbocycles. The van der Waals surface area contributed by atoms with Gasteiger partial charge in [0.05, 0.1) is 29.4 Å². The summed E-state index contributed by atoms with van der Waals surface area (Å²) in [5.41, 5.74) is -1.03. The molecule has 6 heteroatoms. The normalized spacial score (nSPS) is 11.1. The van der Waals surface area contributed by atoms with E-state index in [-0.39, 0.29) is 17.8 Å². The van der Waals surface area contributed by atoms with Crippen molar-refractivity contribution in [2.45, 2.75) is 19.5 Å². The minimum absolute atomic E-state index is 0.180. The van der Waals surface area contributed by atoms with Crippen LogP contribution in [0, 0.1) is 18.3 Å². The van der Waals surface area contributed by atoms with Crippen LogP contribution >= 0.6 is 0 Å². The number of aromatic nitrogens is 2. The zero-order valence-electron chi connectivity index (χ0n) is 7.26. The maximum absolute atomic E-state index is 12.4. The zero-order valence-corrected chi connectivity index (χ0v) is 7.26. The molecule has 0 N–H and O–H groups in total. The van der Waals surface area contributed by atoms with Crippen molar-refractivity contribution < 1.29 is 13.2 Å². The van der Waals surface area contributed by atoms with Crippen molar-refractivity contribution in [3.05, 3.63) is 23.0 Å². The molecule has 0 saturated heterocycles. The lowest BCUT2D eigenvalue weighted by Gasteiger charge is -2.09. The SMILES string of the molecule is Cc1cc(C(F)(F)F)c(CC#N)nn1. The van der Waals surface area contributed by atoms with E-state index in [1.807, 2.05) is 0 Å². The molecule has 0 aliphatic rings. The Morgan fingerprint density at radius 1 is 1.43 bits per heavy atom. The van der Waals surface area contributed by atoms with Gasteiger partial charge in [0.2, 0.25) is 0 Å². The number of hydrogen-bond acceptors (Lipinski definition) is 3. The van der Waals surface area contributed by atoms with Crippen LogP contribution in [0.15, 0.2) is 6.07 Å². The lowest BCUT2D eigenvalue weighted by Crippen LogP contribution is -2.12. The second kappa shape index (κ2) is 3.62. The summed E-state index contributed by atoms with van der Waals surface area (Å²) < 4.78 is 37.1. The molecule has 0 saturated carbocycles. The van der Waals surface area contributed by atoms with Gasteiger partial charge in [-0.1, -0.05) is 0 Å². The Hall–Kier alpha value is -1.64. The highest BCUT2D eigenvalue weighted by atomic mass is 19.4. The average Bonchev–Trinajstić information content (AvgIpc) is 2.07. The highest BCUT2D eigenvalue weighted by Gasteiger charge is 2.34. The van der Waals surface area contributed by atoms with Crippen LogP contribution in [0.1, 0.15) is 17.0 Å². The number of halogens is 3. The summed E-state index contributed by atoms with van der Waals surface area (Å²) in [6.07, 6.45) is -4.87. The molecule has 14 heavy (non-hydrogen) atoms. The third-order valence-electron chi connectivity index (χ3n) is 1.54. The molecular weight excluding hydrogens is 195 g/mol. The van der Waals surface area contributed by atoms with E-state index in [0.29, 0.717) is 0 Å². The summed E-state index contributed by atoms with van der Waals surface area (Å²) >= 11 is 0. The Labute approximate surface area is 78.2 Å². The van der Waals surface area contributed by atoms with Crippen LogP contribution in [-0.2, 0) is 12.6 Å². The molecule has 1 rings (SSSR count). The molecule has 0 unspecified atom stereocenters. The molecule has 0 bridgehead atoms. The number of aryl methyl sites for hydroxylation is 1. The summed E-state index contributed by atoms with van der Waals surface area (Å²) in [7, 11) is 0. The Balaban J connectivity index is 3.24. The van der Waals surface area contributed by atoms with Crippen molar-refractivity contribution >= 4 is 0 Å². The molecule has 74 valence electrons. The van der Waals surface area contributed by atoms with Gasteiger partial charge < -0.3 is 0 Å². The van der Waals surface area contributed by atoms with E-state index in [2.05, 4.69) is 10.2 Å². The fourth-order valence-electron chi connectivity index (χ4n) is 0.965. The summed E-state index contributed by atoms with van der Waals surface area (Å²) in [6, 6.07) is 2.50. The summed E-state index contributed by atoms with van der Waals surface area (Å²) in [5, 5.41) is 15.1. The third-order valence-corrected chi connectivity index (χ3v) is 1.54. The van der Waals surface area contributed by atoms with Gasteiger partial charge in [-0.2, -0.15) is 28.6 Å². The first-order valence-electron chi connectivity index (χ1n) is 3.72. The summed E-state index contributed by atoms with van der Waals surface area (Å²) in [5.74, 6) is 0. The topological polar surface area (TPSA) is 49.6 Å². The van der Waals surface area contributed by atoms with Gasteiger partial charge in [0.15, 0.2) is 0 Å². The fraction of sp³-hybridized carbons (Fsp3) is 0.375. The number of nitrogens with zero attached hydrogens (tertiary/aromatic N) is 3. The minimum atomic E-state index is -4.48. The van der Waals surface area contributed by atoms with Gasteiger partial charge in [-0.05, 0) is 13.0 Å². The first kappa shape index (κ1) is 10.4. The van der Waals surface area contributed by atoms with E-state index < -0.39 is 11.7 Å². The van der Waals surface area contributed by atoms with Crippen molar-refractivity contribution in [2.75, 3.05) is 0 Å². The summed E-state index contributed by atoms with van der Waals surface area (Å²) in [6.45, 7) is 1.42. The van der Waals surface area contributed by atoms with Gasteiger partial charge in [0.1, 0.15) is 0 Å². The quantitative estimate of drug-likeness (QED) is 0.696. The van der Waals surface area contributed by atoms with Crippen molar-refractivity contribution in [1.29, 1.82) is 5.26 Å². The van der Waals surface area contributed by atoms with Crippen LogP contribution in [0.3, 0.4) is 0 Å². The molecule has 3 nitrogen and oxygen atoms in total. The van der Waals surface area contributed by atoms with Crippen LogP contribution in [0.2, 0.25) is 0 Å². The number of rotatable bonds is 1. The molecule has 0 spiro atoms. The van der Waals surface area contributed by atoms with Crippen LogP contribution in [-0.4, -0.2) is 10.2 Å². The Morgan fingerprint density at radius 2 is 2.07 bits per heavy atom. The third kappa shape index (κ3) is 2.19. The predicted octanol–water partition coefficient (Wildman–Crippen LogP) is 1.87. The standard InChI is InChI=1S/C8H6F3N3/c1-5-4-6(8(9,10)11)7(2-3-12)14-13-5/h4H,2H2,1H3. The van der Waals surface area contributed by atoms with Crippen LogP contribution < -0.4 is 0 Å². The first-order valence-corrected chi connectivity index (χ1v) is 3.72. The van der Waals surface area contributed by atoms with Gasteiger partial charge in [-0.15, -0.1) is 0 Å². The molecule has 0 amide bonds. The fourth-order valence-corrected chi connectivity index (χ4v) is 0.965. The lowest BCUT2D eigenvalue weighted by atomic mass is 10.1. The maximum Gasteiger partial charge on any atom is 0.418 e. The van der Waals surface area contributed by atoms with Crippen molar-refractivity contribution in [1.82, 2.24) is 10.2 Å². The molecule has 0 aromatic carbocycles. The van der Waals surface area contributed by atoms with Crippen molar-refractivity contribution in [3.8, 4) is 6.07 Å². The van der Waals surface area contributed by atoms with Gasteiger partial charge in [0, 0.05) is 0 Å². The van der Waals surface area contributed by atoms with E-state index in [1.165, 1.54) is 6.92 Å². The second-order valence-electron chi connectivity index (χ2n) is 2.68. The van der Waals surface area contributed by atoms with Crippen LogP contribution in [0.25, 0.3) is 0 Å². The van der Waals surface area contributed by atoms with E-state index in [1.54, 1.807) is 6.07 Å². The van der Waals surface area contributed by atoms with E-state index in [4.69, 9.17) is 5.26 Å². The van der Waals surface area contributed by atoms with E-state index in [9.17, 15) is 13.2 Å². The summed E-state index contributed by atoms with van der Waals surface area (Å²) in [4.78, 5) is 0. The molecule has 0 atom stereocenters. The minimum Gasteiger partial charge on any atom is -0.198 e. The van der Waals surface area contributed by atoms with Crippen LogP contribution in [0.5, 0.6) is 0 Å². The molecule has 1 aromatic heterocycles. The highest BCUT2D eigenvalue weighted by Crippen LogP contribution is 2.31. The zero-order chi connectivity index (χ0) is 10.8. The molecular formula is C8H6F3N3. The van der Waals surface area contributed by atoms with E-state index in [0.717, 1.165) is 6.07 Å². The van der Waals surface area contributed by atoms with Crippen LogP contribution in [0.4, 0.5) is 13.2 Å². The first-order chi connectivity index (χ1) is 6.45. The van der Waals surface area contributed by atoms with Gasteiger partial charge in [-0.25, -0.2) is 0 Å². The molecule has 1 heterocycles. The average molecular weight is 201 g/mol. The molecule has 0 radical (unpaired) electrons. The predicted molar refractivity (Wildman–Crippen MR) is 41.1 cm³/mol. The molecule has 0 fully saturated rings. The van der Waals surface area contributed by atoms with Crippen molar-refractivity contribution in [3.63, 3.8) is 0 Å². The monoisotopic (exact) mass is 201 g/mol. The number of nitriles is 1. The smallest absolute Gasteiger partial charge is 0.198 e. The molecule has 0 aliphatic heterocycles. The Bertz CT molecular complexity index is 378. The lowest BCUT2D eigenvalue weighted by molar-refractivity contribution is -0.138. The second-order valence-corrected chi connectivity index (χ2v) is 2.68. The Morgan fingerprint density at radius 3 is 2.57 bits per heavy atom. The number of alkyl halides is 3. The Kier molecular flexibility index (Phi) is 2.70.